The third-order valence-electron chi connectivity index (χ3n) is 3.38. The first-order chi connectivity index (χ1) is 9.66. The third kappa shape index (κ3) is 2.05. The summed E-state index contributed by atoms with van der Waals surface area (Å²) >= 11 is 0. The Hall–Kier alpha value is -2.62. The van der Waals surface area contributed by atoms with Crippen molar-refractivity contribution in [3.63, 3.8) is 0 Å². The summed E-state index contributed by atoms with van der Waals surface area (Å²) in [6.07, 6.45) is 1.78. The second-order valence-corrected chi connectivity index (χ2v) is 4.86. The molecule has 0 aliphatic carbocycles. The van der Waals surface area contributed by atoms with E-state index in [-0.39, 0.29) is 0 Å². The van der Waals surface area contributed by atoms with E-state index in [9.17, 15) is 0 Å². The van der Waals surface area contributed by atoms with Crippen LogP contribution in [0.4, 0.5) is 5.82 Å². The minimum absolute atomic E-state index is 0.508. The van der Waals surface area contributed by atoms with Crippen LogP contribution in [0.1, 0.15) is 11.3 Å². The number of aromatic amines is 1. The van der Waals surface area contributed by atoms with Crippen molar-refractivity contribution in [2.75, 3.05) is 5.73 Å². The third-order valence-corrected chi connectivity index (χ3v) is 3.38. The van der Waals surface area contributed by atoms with Gasteiger partial charge in [0.25, 0.3) is 0 Å². The number of hydrogen-bond acceptors (Lipinski definition) is 3. The standard InChI is InChI=1S/C16H16N4/c1-10-5-3-6-12(9-10)14-15(19-20-16(14)17)13-7-4-8-18-11(13)2/h3-9H,1-2H3,(H3,17,19,20). The molecule has 2 heterocycles. The van der Waals surface area contributed by atoms with Crippen molar-refractivity contribution in [2.24, 2.45) is 0 Å². The average Bonchev–Trinajstić information content (AvgIpc) is 2.81. The van der Waals surface area contributed by atoms with Crippen LogP contribution in [-0.4, -0.2) is 15.2 Å². The molecule has 4 heteroatoms. The van der Waals surface area contributed by atoms with E-state index >= 15 is 0 Å². The number of pyridine rings is 1. The summed E-state index contributed by atoms with van der Waals surface area (Å²) in [6.45, 7) is 4.04. The highest BCUT2D eigenvalue weighted by Crippen LogP contribution is 2.35. The van der Waals surface area contributed by atoms with Gasteiger partial charge in [-0.15, -0.1) is 0 Å². The fourth-order valence-electron chi connectivity index (χ4n) is 2.39. The SMILES string of the molecule is Cc1cccc(-c2c(N)n[nH]c2-c2cccnc2C)c1. The van der Waals surface area contributed by atoms with Crippen molar-refractivity contribution >= 4 is 5.82 Å². The lowest BCUT2D eigenvalue weighted by Crippen LogP contribution is -1.91. The van der Waals surface area contributed by atoms with Crippen molar-refractivity contribution < 1.29 is 0 Å². The molecule has 0 bridgehead atoms. The molecule has 0 saturated heterocycles. The van der Waals surface area contributed by atoms with Crippen LogP contribution in [0.2, 0.25) is 0 Å². The molecule has 0 radical (unpaired) electrons. The summed E-state index contributed by atoms with van der Waals surface area (Å²) < 4.78 is 0. The van der Waals surface area contributed by atoms with E-state index in [0.717, 1.165) is 28.1 Å². The highest BCUT2D eigenvalue weighted by atomic mass is 15.2. The number of aryl methyl sites for hydroxylation is 2. The van der Waals surface area contributed by atoms with Crippen molar-refractivity contribution in [3.05, 3.63) is 53.9 Å². The fourth-order valence-corrected chi connectivity index (χ4v) is 2.39. The lowest BCUT2D eigenvalue weighted by atomic mass is 9.99. The summed E-state index contributed by atoms with van der Waals surface area (Å²) in [6, 6.07) is 12.2. The maximum absolute atomic E-state index is 6.05. The Morgan fingerprint density at radius 1 is 1.10 bits per heavy atom. The zero-order chi connectivity index (χ0) is 14.1. The summed E-state index contributed by atoms with van der Waals surface area (Å²) in [5, 5.41) is 7.20. The number of anilines is 1. The average molecular weight is 264 g/mol. The molecule has 2 aromatic heterocycles. The topological polar surface area (TPSA) is 67.6 Å². The number of nitrogen functional groups attached to an aromatic ring is 1. The van der Waals surface area contributed by atoms with Gasteiger partial charge in [-0.1, -0.05) is 29.8 Å². The van der Waals surface area contributed by atoms with Gasteiger partial charge < -0.3 is 5.73 Å². The summed E-state index contributed by atoms with van der Waals surface area (Å²) in [5.41, 5.74) is 12.1. The molecule has 3 aromatic rings. The van der Waals surface area contributed by atoms with Crippen molar-refractivity contribution in [1.29, 1.82) is 0 Å². The van der Waals surface area contributed by atoms with E-state index < -0.39 is 0 Å². The first-order valence-corrected chi connectivity index (χ1v) is 6.49. The first kappa shape index (κ1) is 12.4. The van der Waals surface area contributed by atoms with Gasteiger partial charge in [0.2, 0.25) is 0 Å². The number of rotatable bonds is 2. The van der Waals surface area contributed by atoms with Crippen molar-refractivity contribution in [2.45, 2.75) is 13.8 Å². The molecule has 0 amide bonds. The fraction of sp³-hybridized carbons (Fsp3) is 0.125. The van der Waals surface area contributed by atoms with Crippen LogP contribution in [0, 0.1) is 13.8 Å². The van der Waals surface area contributed by atoms with Crippen LogP contribution in [0.5, 0.6) is 0 Å². The highest BCUT2D eigenvalue weighted by Gasteiger charge is 2.16. The smallest absolute Gasteiger partial charge is 0.153 e. The van der Waals surface area contributed by atoms with Crippen molar-refractivity contribution in [1.82, 2.24) is 15.2 Å². The number of H-pyrrole nitrogens is 1. The molecular weight excluding hydrogens is 248 g/mol. The van der Waals surface area contributed by atoms with E-state index in [1.54, 1.807) is 6.20 Å². The number of nitrogens with two attached hydrogens (primary N) is 1. The molecule has 0 aliphatic heterocycles. The summed E-state index contributed by atoms with van der Waals surface area (Å²) in [7, 11) is 0. The van der Waals surface area contributed by atoms with Crippen LogP contribution in [0.3, 0.4) is 0 Å². The number of nitrogens with zero attached hydrogens (tertiary/aromatic N) is 2. The van der Waals surface area contributed by atoms with E-state index in [1.165, 1.54) is 5.56 Å². The Labute approximate surface area is 117 Å². The van der Waals surface area contributed by atoms with E-state index in [4.69, 9.17) is 5.73 Å². The number of aromatic nitrogens is 3. The van der Waals surface area contributed by atoms with Gasteiger partial charge in [0.1, 0.15) is 0 Å². The lowest BCUT2D eigenvalue weighted by Gasteiger charge is -2.07. The molecule has 100 valence electrons. The molecule has 0 saturated carbocycles. The van der Waals surface area contributed by atoms with E-state index in [2.05, 4.69) is 34.2 Å². The molecule has 0 fully saturated rings. The molecule has 20 heavy (non-hydrogen) atoms. The van der Waals surface area contributed by atoms with Crippen LogP contribution in [0.25, 0.3) is 22.4 Å². The second kappa shape index (κ2) is 4.81. The lowest BCUT2D eigenvalue weighted by molar-refractivity contribution is 1.09. The monoisotopic (exact) mass is 264 g/mol. The Balaban J connectivity index is 2.23. The molecular formula is C16H16N4. The second-order valence-electron chi connectivity index (χ2n) is 4.86. The zero-order valence-electron chi connectivity index (χ0n) is 11.5. The van der Waals surface area contributed by atoms with Gasteiger partial charge in [-0.05, 0) is 31.5 Å². The Kier molecular flexibility index (Phi) is 2.99. The minimum atomic E-state index is 0.508. The Bertz CT molecular complexity index is 759. The van der Waals surface area contributed by atoms with Crippen LogP contribution >= 0.6 is 0 Å². The molecule has 0 aliphatic rings. The van der Waals surface area contributed by atoms with E-state index in [1.807, 2.05) is 31.2 Å². The highest BCUT2D eigenvalue weighted by molar-refractivity contribution is 5.88. The molecule has 0 unspecified atom stereocenters. The predicted molar refractivity (Wildman–Crippen MR) is 81.1 cm³/mol. The van der Waals surface area contributed by atoms with Gasteiger partial charge in [-0.3, -0.25) is 10.1 Å². The zero-order valence-corrected chi connectivity index (χ0v) is 11.5. The number of nitrogens with one attached hydrogen (secondary N) is 1. The Morgan fingerprint density at radius 2 is 1.95 bits per heavy atom. The molecule has 0 atom stereocenters. The Morgan fingerprint density at radius 3 is 2.70 bits per heavy atom. The molecule has 4 nitrogen and oxygen atoms in total. The number of benzene rings is 1. The first-order valence-electron chi connectivity index (χ1n) is 6.49. The quantitative estimate of drug-likeness (QED) is 0.746. The molecule has 1 aromatic carbocycles. The molecule has 0 spiro atoms. The van der Waals surface area contributed by atoms with E-state index in [0.29, 0.717) is 5.82 Å². The van der Waals surface area contributed by atoms with Crippen LogP contribution < -0.4 is 5.73 Å². The largest absolute Gasteiger partial charge is 0.382 e. The maximum Gasteiger partial charge on any atom is 0.153 e. The summed E-state index contributed by atoms with van der Waals surface area (Å²) in [4.78, 5) is 4.33. The molecule has 3 N–H and O–H groups in total. The van der Waals surface area contributed by atoms with Gasteiger partial charge >= 0.3 is 0 Å². The van der Waals surface area contributed by atoms with Crippen LogP contribution in [0.15, 0.2) is 42.6 Å². The minimum Gasteiger partial charge on any atom is -0.382 e. The number of hydrogen-bond donors (Lipinski definition) is 2. The predicted octanol–water partition coefficient (Wildman–Crippen LogP) is 3.34. The van der Waals surface area contributed by atoms with Gasteiger partial charge in [-0.2, -0.15) is 5.10 Å². The van der Waals surface area contributed by atoms with Crippen molar-refractivity contribution in [3.8, 4) is 22.4 Å². The molecule has 3 rings (SSSR count). The van der Waals surface area contributed by atoms with Gasteiger partial charge in [-0.25, -0.2) is 0 Å². The van der Waals surface area contributed by atoms with Gasteiger partial charge in [0, 0.05) is 17.5 Å². The van der Waals surface area contributed by atoms with Gasteiger partial charge in [0.15, 0.2) is 5.82 Å². The normalized spacial score (nSPS) is 10.7. The maximum atomic E-state index is 6.05. The van der Waals surface area contributed by atoms with Crippen LogP contribution in [-0.2, 0) is 0 Å². The van der Waals surface area contributed by atoms with Gasteiger partial charge in [0.05, 0.1) is 11.3 Å². The summed E-state index contributed by atoms with van der Waals surface area (Å²) in [5.74, 6) is 0.508.